The highest BCUT2D eigenvalue weighted by Gasteiger charge is 2.33. The molecule has 8 heteroatoms. The first-order chi connectivity index (χ1) is 11.6. The summed E-state index contributed by atoms with van der Waals surface area (Å²) in [4.78, 5) is 9.62. The van der Waals surface area contributed by atoms with E-state index >= 15 is 0 Å². The number of hydrogen-bond donors (Lipinski definition) is 1. The summed E-state index contributed by atoms with van der Waals surface area (Å²) in [6.45, 7) is 14.5. The Bertz CT molecular complexity index is 565. The molecule has 2 aliphatic rings. The highest BCUT2D eigenvalue weighted by Crippen LogP contribution is 2.26. The number of nitrogens with one attached hydrogen (secondary N) is 1. The second-order valence-corrected chi connectivity index (χ2v) is 7.17. The third-order valence-electron chi connectivity index (χ3n) is 4.58. The van der Waals surface area contributed by atoms with Gasteiger partial charge in [0.05, 0.1) is 25.5 Å². The van der Waals surface area contributed by atoms with E-state index < -0.39 is 0 Å². The molecule has 3 rings (SSSR count). The van der Waals surface area contributed by atoms with Gasteiger partial charge < -0.3 is 19.5 Å². The van der Waals surface area contributed by atoms with Gasteiger partial charge in [0, 0.05) is 50.7 Å². The lowest BCUT2D eigenvalue weighted by Crippen LogP contribution is -2.52. The molecule has 0 amide bonds. The number of halogens is 1. The van der Waals surface area contributed by atoms with Crippen molar-refractivity contribution in [3.8, 4) is 0 Å². The molecule has 2 aliphatic heterocycles. The molecule has 0 aromatic carbocycles. The molecular weight excluding hydrogens is 433 g/mol. The molecule has 25 heavy (non-hydrogen) atoms. The predicted molar refractivity (Wildman–Crippen MR) is 108 cm³/mol. The maximum Gasteiger partial charge on any atom is 0.194 e. The van der Waals surface area contributed by atoms with E-state index in [4.69, 9.17) is 14.3 Å². The van der Waals surface area contributed by atoms with Crippen LogP contribution in [0.3, 0.4) is 0 Å². The summed E-state index contributed by atoms with van der Waals surface area (Å²) >= 11 is 0. The van der Waals surface area contributed by atoms with E-state index in [1.807, 2.05) is 13.0 Å². The van der Waals surface area contributed by atoms with E-state index in [0.717, 1.165) is 76.4 Å². The van der Waals surface area contributed by atoms with Gasteiger partial charge in [-0.15, -0.1) is 24.0 Å². The monoisotopic (exact) mass is 463 g/mol. The van der Waals surface area contributed by atoms with Crippen LogP contribution in [0.4, 0.5) is 0 Å². The molecule has 0 radical (unpaired) electrons. The van der Waals surface area contributed by atoms with Crippen LogP contribution in [0.2, 0.25) is 0 Å². The van der Waals surface area contributed by atoms with Crippen molar-refractivity contribution in [2.75, 3.05) is 52.5 Å². The van der Waals surface area contributed by atoms with Crippen LogP contribution in [-0.4, -0.2) is 73.4 Å². The highest BCUT2D eigenvalue weighted by molar-refractivity contribution is 14.0. The topological polar surface area (TPSA) is 66.1 Å². The van der Waals surface area contributed by atoms with Crippen molar-refractivity contribution in [1.29, 1.82) is 0 Å². The number of aryl methyl sites for hydroxylation is 1. The minimum Gasteiger partial charge on any atom is -0.380 e. The molecule has 0 aliphatic carbocycles. The molecule has 0 spiro atoms. The van der Waals surface area contributed by atoms with Crippen molar-refractivity contribution in [2.24, 2.45) is 10.4 Å². The molecule has 142 valence electrons. The first-order valence-corrected chi connectivity index (χ1v) is 8.83. The van der Waals surface area contributed by atoms with Gasteiger partial charge in [0.2, 0.25) is 0 Å². The highest BCUT2D eigenvalue weighted by atomic mass is 127. The summed E-state index contributed by atoms with van der Waals surface area (Å²) in [5.74, 6) is 1.90. The summed E-state index contributed by atoms with van der Waals surface area (Å²) in [7, 11) is 0. The van der Waals surface area contributed by atoms with Gasteiger partial charge >= 0.3 is 0 Å². The number of aliphatic imine (C=N–C) groups is 1. The Balaban J connectivity index is 0.00000225. The third-order valence-corrected chi connectivity index (χ3v) is 4.58. The van der Waals surface area contributed by atoms with Crippen LogP contribution in [-0.2, 0) is 11.3 Å². The number of nitrogens with zero attached hydrogens (tertiary/aromatic N) is 4. The molecule has 2 fully saturated rings. The molecule has 0 atom stereocenters. The van der Waals surface area contributed by atoms with Gasteiger partial charge in [0.25, 0.3) is 0 Å². The van der Waals surface area contributed by atoms with Gasteiger partial charge in [-0.05, 0) is 13.8 Å². The number of hydrogen-bond acceptors (Lipinski definition) is 5. The molecule has 2 saturated heterocycles. The Morgan fingerprint density at radius 3 is 2.56 bits per heavy atom. The van der Waals surface area contributed by atoms with Crippen LogP contribution >= 0.6 is 24.0 Å². The van der Waals surface area contributed by atoms with E-state index in [1.165, 1.54) is 0 Å². The summed E-state index contributed by atoms with van der Waals surface area (Å²) in [5.41, 5.74) is 1.23. The second-order valence-electron chi connectivity index (χ2n) is 7.17. The van der Waals surface area contributed by atoms with Gasteiger partial charge in [0.1, 0.15) is 5.76 Å². The fourth-order valence-corrected chi connectivity index (χ4v) is 3.07. The van der Waals surface area contributed by atoms with Crippen molar-refractivity contribution in [1.82, 2.24) is 20.3 Å². The van der Waals surface area contributed by atoms with E-state index in [9.17, 15) is 0 Å². The third kappa shape index (κ3) is 5.55. The minimum absolute atomic E-state index is 0. The van der Waals surface area contributed by atoms with Crippen LogP contribution < -0.4 is 5.32 Å². The number of guanidine groups is 1. The van der Waals surface area contributed by atoms with Gasteiger partial charge in [-0.25, -0.2) is 0 Å². The normalized spacial score (nSPS) is 20.8. The van der Waals surface area contributed by atoms with E-state index in [1.54, 1.807) is 0 Å². The van der Waals surface area contributed by atoms with Crippen molar-refractivity contribution >= 4 is 29.9 Å². The largest absolute Gasteiger partial charge is 0.380 e. The summed E-state index contributed by atoms with van der Waals surface area (Å²) in [6, 6.07) is 2.01. The predicted octanol–water partition coefficient (Wildman–Crippen LogP) is 1.72. The van der Waals surface area contributed by atoms with Crippen molar-refractivity contribution in [3.05, 3.63) is 17.5 Å². The molecule has 7 nitrogen and oxygen atoms in total. The average Bonchev–Trinajstić information content (AvgIpc) is 2.95. The van der Waals surface area contributed by atoms with Crippen LogP contribution in [0.5, 0.6) is 0 Å². The first-order valence-electron chi connectivity index (χ1n) is 8.83. The van der Waals surface area contributed by atoms with E-state index in [0.29, 0.717) is 0 Å². The fraction of sp³-hybridized carbons (Fsp3) is 0.765. The zero-order valence-corrected chi connectivity index (χ0v) is 17.8. The first kappa shape index (κ1) is 20.4. The maximum absolute atomic E-state index is 5.32. The van der Waals surface area contributed by atoms with Crippen LogP contribution in [0.15, 0.2) is 15.6 Å². The molecule has 0 saturated carbocycles. The fourth-order valence-electron chi connectivity index (χ4n) is 3.07. The molecule has 0 bridgehead atoms. The molecular formula is C17H30IN5O2. The van der Waals surface area contributed by atoms with Crippen LogP contribution in [0.25, 0.3) is 0 Å². The lowest BCUT2D eigenvalue weighted by atomic mass is 9.89. The smallest absolute Gasteiger partial charge is 0.194 e. The maximum atomic E-state index is 5.32. The van der Waals surface area contributed by atoms with Crippen molar-refractivity contribution in [3.63, 3.8) is 0 Å². The van der Waals surface area contributed by atoms with Crippen molar-refractivity contribution in [2.45, 2.75) is 27.3 Å². The molecule has 1 aromatic rings. The SMILES string of the molecule is CCNC(=NCC1(C)COC1)N1CCN(Cc2cc(C)on2)CC1.I. The van der Waals surface area contributed by atoms with Crippen LogP contribution in [0, 0.1) is 12.3 Å². The molecule has 0 unspecified atom stereocenters. The van der Waals surface area contributed by atoms with Gasteiger partial charge in [-0.1, -0.05) is 12.1 Å². The Labute approximate surface area is 167 Å². The number of piperazine rings is 1. The minimum atomic E-state index is 0. The zero-order chi connectivity index (χ0) is 17.0. The number of ether oxygens (including phenoxy) is 1. The Morgan fingerprint density at radius 1 is 1.32 bits per heavy atom. The van der Waals surface area contributed by atoms with Crippen LogP contribution in [0.1, 0.15) is 25.3 Å². The second kappa shape index (κ2) is 9.18. The molecule has 1 aromatic heterocycles. The standard InChI is InChI=1S/C17H29N5O2.HI/c1-4-18-16(19-11-17(3)12-23-13-17)22-7-5-21(6-8-22)10-15-9-14(2)24-20-15;/h9H,4-8,10-13H2,1-3H3,(H,18,19);1H. The van der Waals surface area contributed by atoms with E-state index in [-0.39, 0.29) is 29.4 Å². The zero-order valence-electron chi connectivity index (χ0n) is 15.5. The Hall–Kier alpha value is -0.870. The molecule has 3 heterocycles. The Morgan fingerprint density at radius 2 is 2.04 bits per heavy atom. The lowest BCUT2D eigenvalue weighted by Gasteiger charge is -2.39. The van der Waals surface area contributed by atoms with Gasteiger partial charge in [0.15, 0.2) is 5.96 Å². The number of rotatable bonds is 5. The number of aromatic nitrogens is 1. The van der Waals surface area contributed by atoms with Gasteiger partial charge in [-0.3, -0.25) is 9.89 Å². The quantitative estimate of drug-likeness (QED) is 0.408. The van der Waals surface area contributed by atoms with E-state index in [2.05, 4.69) is 34.1 Å². The lowest BCUT2D eigenvalue weighted by molar-refractivity contribution is -0.0946. The molecule has 1 N–H and O–H groups in total. The average molecular weight is 463 g/mol. The van der Waals surface area contributed by atoms with Crippen molar-refractivity contribution < 1.29 is 9.26 Å². The summed E-state index contributed by atoms with van der Waals surface area (Å²) in [6.07, 6.45) is 0. The Kier molecular flexibility index (Phi) is 7.51. The summed E-state index contributed by atoms with van der Waals surface area (Å²) < 4.78 is 10.5. The summed E-state index contributed by atoms with van der Waals surface area (Å²) in [5, 5.41) is 7.52. The van der Waals surface area contributed by atoms with Gasteiger partial charge in [-0.2, -0.15) is 0 Å².